The van der Waals surface area contributed by atoms with E-state index in [9.17, 15) is 9.59 Å². The number of benzene rings is 2. The average molecular weight is 550 g/mol. The molecular weight excluding hydrogens is 522 g/mol. The number of thioether (sulfide) groups is 1. The van der Waals surface area contributed by atoms with Gasteiger partial charge in [-0.3, -0.25) is 9.59 Å². The third-order valence-electron chi connectivity index (χ3n) is 4.90. The molecule has 9 heteroatoms. The summed E-state index contributed by atoms with van der Waals surface area (Å²) in [6, 6.07) is 9.96. The lowest BCUT2D eigenvalue weighted by molar-refractivity contribution is -0.139. The Morgan fingerprint density at radius 1 is 1.00 bits per heavy atom. The van der Waals surface area contributed by atoms with Crippen molar-refractivity contribution in [2.75, 3.05) is 12.3 Å². The summed E-state index contributed by atoms with van der Waals surface area (Å²) in [7, 11) is 0. The molecule has 0 aliphatic rings. The van der Waals surface area contributed by atoms with Gasteiger partial charge < -0.3 is 10.2 Å². The molecule has 0 aliphatic carbocycles. The lowest BCUT2D eigenvalue weighted by Crippen LogP contribution is -2.50. The standard InChI is InChI=1S/C24H28Cl4N2O2S/c1-4-22(24(32)29-11-15(2)3)30(12-17-6-7-18(25)10-20(17)27)23(31)14-33-13-16-5-8-19(26)21(28)9-16/h5-10,15,22H,4,11-14H2,1-3H3,(H,29,32)/t22-/m0/s1. The topological polar surface area (TPSA) is 49.4 Å². The Balaban J connectivity index is 2.17. The van der Waals surface area contributed by atoms with E-state index < -0.39 is 6.04 Å². The molecule has 1 N–H and O–H groups in total. The van der Waals surface area contributed by atoms with E-state index in [2.05, 4.69) is 5.32 Å². The van der Waals surface area contributed by atoms with Gasteiger partial charge in [-0.1, -0.05) is 79.3 Å². The first-order valence-electron chi connectivity index (χ1n) is 10.6. The first-order valence-corrected chi connectivity index (χ1v) is 13.3. The highest BCUT2D eigenvalue weighted by Gasteiger charge is 2.29. The lowest BCUT2D eigenvalue weighted by Gasteiger charge is -2.31. The number of nitrogens with zero attached hydrogens (tertiary/aromatic N) is 1. The van der Waals surface area contributed by atoms with Crippen molar-refractivity contribution < 1.29 is 9.59 Å². The molecule has 0 radical (unpaired) electrons. The van der Waals surface area contributed by atoms with Crippen LogP contribution in [0.2, 0.25) is 20.1 Å². The van der Waals surface area contributed by atoms with E-state index in [-0.39, 0.29) is 24.1 Å². The zero-order valence-corrected chi connectivity index (χ0v) is 22.7. The quantitative estimate of drug-likeness (QED) is 0.325. The van der Waals surface area contributed by atoms with E-state index in [4.69, 9.17) is 46.4 Å². The zero-order chi connectivity index (χ0) is 24.5. The van der Waals surface area contributed by atoms with Gasteiger partial charge in [-0.25, -0.2) is 0 Å². The zero-order valence-electron chi connectivity index (χ0n) is 18.8. The maximum atomic E-state index is 13.3. The number of hydrogen-bond donors (Lipinski definition) is 1. The Bertz CT molecular complexity index is 971. The third kappa shape index (κ3) is 8.88. The van der Waals surface area contributed by atoms with E-state index >= 15 is 0 Å². The Kier molecular flexibility index (Phi) is 11.7. The largest absolute Gasteiger partial charge is 0.354 e. The molecule has 2 aromatic rings. The molecule has 0 fully saturated rings. The fraction of sp³-hybridized carbons (Fsp3) is 0.417. The molecule has 0 saturated carbocycles. The van der Waals surface area contributed by atoms with Crippen LogP contribution in [0.25, 0.3) is 0 Å². The molecular formula is C24H28Cl4N2O2S. The molecule has 0 heterocycles. The van der Waals surface area contributed by atoms with Crippen LogP contribution in [0.4, 0.5) is 0 Å². The average Bonchev–Trinajstić information content (AvgIpc) is 2.76. The van der Waals surface area contributed by atoms with Gasteiger partial charge in [0.25, 0.3) is 0 Å². The van der Waals surface area contributed by atoms with Gasteiger partial charge in [0.05, 0.1) is 15.8 Å². The van der Waals surface area contributed by atoms with Gasteiger partial charge in [-0.05, 0) is 47.7 Å². The summed E-state index contributed by atoms with van der Waals surface area (Å²) in [5.74, 6) is 0.799. The van der Waals surface area contributed by atoms with E-state index in [0.29, 0.717) is 44.7 Å². The molecule has 0 spiro atoms. The van der Waals surface area contributed by atoms with E-state index in [1.54, 1.807) is 35.2 Å². The molecule has 4 nitrogen and oxygen atoms in total. The van der Waals surface area contributed by atoms with Crippen molar-refractivity contribution in [3.8, 4) is 0 Å². The Hall–Kier alpha value is -1.11. The van der Waals surface area contributed by atoms with E-state index in [1.807, 2.05) is 26.8 Å². The summed E-state index contributed by atoms with van der Waals surface area (Å²) in [6.45, 7) is 6.71. The number of amides is 2. The lowest BCUT2D eigenvalue weighted by atomic mass is 10.1. The second-order valence-electron chi connectivity index (χ2n) is 8.06. The normalized spacial score (nSPS) is 12.0. The molecule has 0 aliphatic heterocycles. The minimum absolute atomic E-state index is 0.141. The molecule has 2 aromatic carbocycles. The van der Waals surface area contributed by atoms with Crippen LogP contribution in [0.5, 0.6) is 0 Å². The van der Waals surface area contributed by atoms with Gasteiger partial charge in [0.1, 0.15) is 6.04 Å². The first-order chi connectivity index (χ1) is 15.6. The minimum atomic E-state index is -0.603. The number of carbonyl (C=O) groups is 2. The van der Waals surface area contributed by atoms with Crippen LogP contribution in [0.3, 0.4) is 0 Å². The number of halogens is 4. The van der Waals surface area contributed by atoms with Gasteiger partial charge in [-0.2, -0.15) is 0 Å². The van der Waals surface area contributed by atoms with Crippen LogP contribution in [0, 0.1) is 5.92 Å². The van der Waals surface area contributed by atoms with Crippen molar-refractivity contribution in [1.82, 2.24) is 10.2 Å². The summed E-state index contributed by atoms with van der Waals surface area (Å²) in [5, 5.41) is 4.90. The van der Waals surface area contributed by atoms with E-state index in [0.717, 1.165) is 11.1 Å². The fourth-order valence-electron chi connectivity index (χ4n) is 3.14. The third-order valence-corrected chi connectivity index (χ3v) is 7.22. The molecule has 1 atom stereocenters. The van der Waals surface area contributed by atoms with Crippen LogP contribution in [0.1, 0.15) is 38.3 Å². The number of hydrogen-bond acceptors (Lipinski definition) is 3. The molecule has 0 saturated heterocycles. The summed E-state index contributed by atoms with van der Waals surface area (Å²) >= 11 is 25.9. The van der Waals surface area contributed by atoms with Crippen molar-refractivity contribution in [1.29, 1.82) is 0 Å². The van der Waals surface area contributed by atoms with Crippen molar-refractivity contribution >= 4 is 70.0 Å². The van der Waals surface area contributed by atoms with Crippen LogP contribution < -0.4 is 5.32 Å². The Morgan fingerprint density at radius 3 is 2.33 bits per heavy atom. The van der Waals surface area contributed by atoms with E-state index in [1.165, 1.54) is 11.8 Å². The molecule has 33 heavy (non-hydrogen) atoms. The SMILES string of the molecule is CC[C@@H](C(=O)NCC(C)C)N(Cc1ccc(Cl)cc1Cl)C(=O)CSCc1ccc(Cl)c(Cl)c1. The minimum Gasteiger partial charge on any atom is -0.354 e. The fourth-order valence-corrected chi connectivity index (χ4v) is 4.79. The maximum absolute atomic E-state index is 13.3. The van der Waals surface area contributed by atoms with Crippen LogP contribution in [-0.2, 0) is 21.9 Å². The summed E-state index contributed by atoms with van der Waals surface area (Å²) < 4.78 is 0. The Labute approximate surface area is 220 Å². The molecule has 2 rings (SSSR count). The highest BCUT2D eigenvalue weighted by atomic mass is 35.5. The highest BCUT2D eigenvalue weighted by Crippen LogP contribution is 2.26. The maximum Gasteiger partial charge on any atom is 0.242 e. The van der Waals surface area contributed by atoms with Gasteiger partial charge in [0.2, 0.25) is 11.8 Å². The number of carbonyl (C=O) groups excluding carboxylic acids is 2. The predicted molar refractivity (Wildman–Crippen MR) is 142 cm³/mol. The van der Waals surface area contributed by atoms with Crippen molar-refractivity contribution in [3.05, 3.63) is 67.6 Å². The van der Waals surface area contributed by atoms with Gasteiger partial charge in [-0.15, -0.1) is 11.8 Å². The summed E-state index contributed by atoms with van der Waals surface area (Å²) in [6.07, 6.45) is 0.484. The van der Waals surface area contributed by atoms with Gasteiger partial charge >= 0.3 is 0 Å². The molecule has 180 valence electrons. The molecule has 0 aromatic heterocycles. The second-order valence-corrected chi connectivity index (χ2v) is 10.7. The summed E-state index contributed by atoms with van der Waals surface area (Å²) in [4.78, 5) is 27.8. The Morgan fingerprint density at radius 2 is 1.73 bits per heavy atom. The van der Waals surface area contributed by atoms with Crippen LogP contribution >= 0.6 is 58.2 Å². The monoisotopic (exact) mass is 548 g/mol. The smallest absolute Gasteiger partial charge is 0.242 e. The molecule has 0 bridgehead atoms. The van der Waals surface area contributed by atoms with Crippen LogP contribution in [-0.4, -0.2) is 35.1 Å². The second kappa shape index (κ2) is 13.7. The van der Waals surface area contributed by atoms with Crippen molar-refractivity contribution in [3.63, 3.8) is 0 Å². The van der Waals surface area contributed by atoms with Crippen molar-refractivity contribution in [2.24, 2.45) is 5.92 Å². The van der Waals surface area contributed by atoms with Crippen molar-refractivity contribution in [2.45, 2.75) is 45.5 Å². The van der Waals surface area contributed by atoms with Crippen LogP contribution in [0.15, 0.2) is 36.4 Å². The number of rotatable bonds is 11. The van der Waals surface area contributed by atoms with Gasteiger partial charge in [0.15, 0.2) is 0 Å². The summed E-state index contributed by atoms with van der Waals surface area (Å²) in [5.41, 5.74) is 1.70. The van der Waals surface area contributed by atoms with Gasteiger partial charge in [0, 0.05) is 28.9 Å². The number of nitrogens with one attached hydrogen (secondary N) is 1. The molecule has 0 unspecified atom stereocenters. The first kappa shape index (κ1) is 28.1. The highest BCUT2D eigenvalue weighted by molar-refractivity contribution is 7.99. The molecule has 2 amide bonds. The predicted octanol–water partition coefficient (Wildman–Crippen LogP) is 7.11.